The molecule has 2 aromatic heterocycles. The molecule has 0 fully saturated rings. The first kappa shape index (κ1) is 12.3. The number of hydrogen-bond donors (Lipinski definition) is 2. The quantitative estimate of drug-likeness (QED) is 0.717. The summed E-state index contributed by atoms with van der Waals surface area (Å²) in [4.78, 5) is 8.46. The summed E-state index contributed by atoms with van der Waals surface area (Å²) in [6.45, 7) is 0.517. The fourth-order valence-electron chi connectivity index (χ4n) is 2.09. The van der Waals surface area contributed by atoms with Crippen molar-refractivity contribution in [1.82, 2.24) is 9.97 Å². The van der Waals surface area contributed by atoms with Crippen LogP contribution < -0.4 is 11.1 Å². The minimum Gasteiger partial charge on any atom is -0.398 e. The zero-order valence-electron chi connectivity index (χ0n) is 10.7. The molecule has 3 aromatic rings. The molecule has 0 atom stereocenters. The van der Waals surface area contributed by atoms with E-state index in [0.29, 0.717) is 23.4 Å². The number of pyridine rings is 2. The average Bonchev–Trinajstić information content (AvgIpc) is 2.46. The lowest BCUT2D eigenvalue weighted by Crippen LogP contribution is -2.04. The normalized spacial score (nSPS) is 10.7. The monoisotopic (exact) mass is 268 g/mol. The maximum Gasteiger partial charge on any atom is 0.134 e. The van der Waals surface area contributed by atoms with E-state index in [1.54, 1.807) is 18.5 Å². The lowest BCUT2D eigenvalue weighted by molar-refractivity contribution is 0.630. The van der Waals surface area contributed by atoms with E-state index in [1.165, 1.54) is 12.1 Å². The molecule has 5 heteroatoms. The topological polar surface area (TPSA) is 63.8 Å². The zero-order valence-corrected chi connectivity index (χ0v) is 10.7. The first-order valence-corrected chi connectivity index (χ1v) is 6.21. The third-order valence-corrected chi connectivity index (χ3v) is 3.04. The van der Waals surface area contributed by atoms with Crippen LogP contribution in [0.25, 0.3) is 10.8 Å². The van der Waals surface area contributed by atoms with E-state index in [4.69, 9.17) is 5.73 Å². The molecule has 0 saturated heterocycles. The van der Waals surface area contributed by atoms with Crippen molar-refractivity contribution in [3.05, 3.63) is 60.3 Å². The molecule has 0 unspecified atom stereocenters. The van der Waals surface area contributed by atoms with Crippen molar-refractivity contribution >= 4 is 22.3 Å². The lowest BCUT2D eigenvalue weighted by atomic mass is 10.1. The summed E-state index contributed by atoms with van der Waals surface area (Å²) in [6.07, 6.45) is 3.38. The molecule has 0 aliphatic heterocycles. The minimum atomic E-state index is -0.371. The number of hydrogen-bond acceptors (Lipinski definition) is 4. The van der Waals surface area contributed by atoms with Gasteiger partial charge in [0.15, 0.2) is 0 Å². The van der Waals surface area contributed by atoms with Crippen molar-refractivity contribution in [3.63, 3.8) is 0 Å². The Balaban J connectivity index is 1.95. The highest BCUT2D eigenvalue weighted by Crippen LogP contribution is 2.27. The van der Waals surface area contributed by atoms with Gasteiger partial charge >= 0.3 is 0 Å². The second kappa shape index (κ2) is 5.13. The van der Waals surface area contributed by atoms with Gasteiger partial charge in [0.2, 0.25) is 0 Å². The molecular formula is C15H13FN4. The molecule has 3 rings (SSSR count). The number of aromatic nitrogens is 2. The Morgan fingerprint density at radius 3 is 2.75 bits per heavy atom. The average molecular weight is 268 g/mol. The van der Waals surface area contributed by atoms with Gasteiger partial charge in [-0.05, 0) is 30.3 Å². The van der Waals surface area contributed by atoms with Crippen LogP contribution in [0.3, 0.4) is 0 Å². The molecule has 0 amide bonds. The predicted octanol–water partition coefficient (Wildman–Crippen LogP) is 2.96. The van der Waals surface area contributed by atoms with Gasteiger partial charge in [0.1, 0.15) is 11.6 Å². The van der Waals surface area contributed by atoms with E-state index < -0.39 is 0 Å². The second-order valence-corrected chi connectivity index (χ2v) is 4.42. The molecule has 2 heterocycles. The number of nitrogens with one attached hydrogen (secondary N) is 1. The van der Waals surface area contributed by atoms with Crippen LogP contribution in [-0.4, -0.2) is 9.97 Å². The van der Waals surface area contributed by atoms with Gasteiger partial charge in [-0.3, -0.25) is 4.98 Å². The molecule has 1 aromatic carbocycles. The van der Waals surface area contributed by atoms with Crippen molar-refractivity contribution in [2.75, 3.05) is 11.1 Å². The highest BCUT2D eigenvalue weighted by Gasteiger charge is 2.07. The fourth-order valence-corrected chi connectivity index (χ4v) is 2.09. The van der Waals surface area contributed by atoms with Gasteiger partial charge in [-0.1, -0.05) is 6.07 Å². The van der Waals surface area contributed by atoms with Crippen LogP contribution in [0.1, 0.15) is 5.69 Å². The summed E-state index contributed by atoms with van der Waals surface area (Å²) in [7, 11) is 0. The van der Waals surface area contributed by atoms with Crippen molar-refractivity contribution in [3.8, 4) is 0 Å². The molecule has 0 aliphatic carbocycles. The first-order valence-electron chi connectivity index (χ1n) is 6.21. The van der Waals surface area contributed by atoms with E-state index in [-0.39, 0.29) is 5.82 Å². The Morgan fingerprint density at radius 1 is 1.05 bits per heavy atom. The van der Waals surface area contributed by atoms with Gasteiger partial charge in [0, 0.05) is 28.9 Å². The zero-order chi connectivity index (χ0) is 13.9. The molecule has 0 aliphatic rings. The molecular weight excluding hydrogens is 255 g/mol. The van der Waals surface area contributed by atoms with E-state index in [2.05, 4.69) is 15.3 Å². The van der Waals surface area contributed by atoms with Crippen LogP contribution in [0, 0.1) is 5.82 Å². The Labute approximate surface area is 115 Å². The lowest BCUT2D eigenvalue weighted by Gasteiger charge is -2.10. The van der Waals surface area contributed by atoms with E-state index in [9.17, 15) is 4.39 Å². The number of rotatable bonds is 3. The third kappa shape index (κ3) is 2.38. The first-order chi connectivity index (χ1) is 9.74. The molecule has 3 N–H and O–H groups in total. The van der Waals surface area contributed by atoms with Gasteiger partial charge in [-0.2, -0.15) is 0 Å². The molecule has 0 bridgehead atoms. The Kier molecular flexibility index (Phi) is 3.16. The van der Waals surface area contributed by atoms with Crippen LogP contribution >= 0.6 is 0 Å². The van der Waals surface area contributed by atoms with Gasteiger partial charge in [-0.25, -0.2) is 9.37 Å². The number of nitrogens with two attached hydrogens (primary N) is 1. The SMILES string of the molecule is Nc1cc(F)cc2c(NCc3ccccn3)nccc12. The Hall–Kier alpha value is -2.69. The Morgan fingerprint density at radius 2 is 1.95 bits per heavy atom. The molecule has 100 valence electrons. The van der Waals surface area contributed by atoms with Gasteiger partial charge < -0.3 is 11.1 Å². The number of fused-ring (bicyclic) bond motifs is 1. The van der Waals surface area contributed by atoms with Crippen LogP contribution in [-0.2, 0) is 6.54 Å². The number of benzene rings is 1. The fraction of sp³-hybridized carbons (Fsp3) is 0.0667. The third-order valence-electron chi connectivity index (χ3n) is 3.04. The maximum absolute atomic E-state index is 13.5. The van der Waals surface area contributed by atoms with E-state index in [0.717, 1.165) is 11.1 Å². The highest BCUT2D eigenvalue weighted by molar-refractivity contribution is 5.99. The smallest absolute Gasteiger partial charge is 0.134 e. The molecule has 4 nitrogen and oxygen atoms in total. The predicted molar refractivity (Wildman–Crippen MR) is 77.7 cm³/mol. The van der Waals surface area contributed by atoms with Gasteiger partial charge in [-0.15, -0.1) is 0 Å². The summed E-state index contributed by atoms with van der Waals surface area (Å²) in [6, 6.07) is 10.2. The standard InChI is InChI=1S/C15H13FN4/c16-10-7-13-12(14(17)8-10)4-6-19-15(13)20-9-11-3-1-2-5-18-11/h1-8H,9,17H2,(H,19,20). The largest absolute Gasteiger partial charge is 0.398 e. The number of nitrogens with zero attached hydrogens (tertiary/aromatic N) is 2. The Bertz CT molecular complexity index is 743. The summed E-state index contributed by atoms with van der Waals surface area (Å²) >= 11 is 0. The van der Waals surface area contributed by atoms with Crippen molar-refractivity contribution in [1.29, 1.82) is 0 Å². The van der Waals surface area contributed by atoms with E-state index in [1.807, 2.05) is 18.2 Å². The van der Waals surface area contributed by atoms with Crippen LogP contribution in [0.15, 0.2) is 48.8 Å². The number of anilines is 2. The summed E-state index contributed by atoms with van der Waals surface area (Å²) in [5.41, 5.74) is 7.12. The molecule has 0 radical (unpaired) electrons. The van der Waals surface area contributed by atoms with Crippen LogP contribution in [0.2, 0.25) is 0 Å². The molecule has 0 spiro atoms. The van der Waals surface area contributed by atoms with Crippen LogP contribution in [0.4, 0.5) is 15.9 Å². The molecule has 20 heavy (non-hydrogen) atoms. The number of nitrogen functional groups attached to an aromatic ring is 1. The number of halogens is 1. The van der Waals surface area contributed by atoms with Crippen molar-refractivity contribution in [2.45, 2.75) is 6.54 Å². The van der Waals surface area contributed by atoms with Crippen molar-refractivity contribution < 1.29 is 4.39 Å². The summed E-state index contributed by atoms with van der Waals surface area (Å²) in [5.74, 6) is 0.225. The second-order valence-electron chi connectivity index (χ2n) is 4.42. The van der Waals surface area contributed by atoms with Crippen LogP contribution in [0.5, 0.6) is 0 Å². The van der Waals surface area contributed by atoms with E-state index >= 15 is 0 Å². The van der Waals surface area contributed by atoms with Crippen molar-refractivity contribution in [2.24, 2.45) is 0 Å². The van der Waals surface area contributed by atoms with Gasteiger partial charge in [0.05, 0.1) is 12.2 Å². The minimum absolute atomic E-state index is 0.371. The van der Waals surface area contributed by atoms with Gasteiger partial charge in [0.25, 0.3) is 0 Å². The summed E-state index contributed by atoms with van der Waals surface area (Å²) in [5, 5.41) is 4.61. The summed E-state index contributed by atoms with van der Waals surface area (Å²) < 4.78 is 13.5. The maximum atomic E-state index is 13.5. The highest BCUT2D eigenvalue weighted by atomic mass is 19.1. The molecule has 0 saturated carbocycles.